The van der Waals surface area contributed by atoms with Crippen molar-refractivity contribution in [1.29, 1.82) is 0 Å². The molecule has 3 aromatic rings. The summed E-state index contributed by atoms with van der Waals surface area (Å²) in [4.78, 5) is 34.3. The van der Waals surface area contributed by atoms with Crippen LogP contribution in [0.4, 0.5) is 11.5 Å². The number of carbonyl (C=O) groups is 2. The molecule has 1 aromatic heterocycles. The van der Waals surface area contributed by atoms with Crippen molar-refractivity contribution >= 4 is 34.9 Å². The number of nitrogens with one attached hydrogen (secondary N) is 2. The second kappa shape index (κ2) is 11.1. The molecule has 0 saturated carbocycles. The SMILES string of the molecule is CC(NC(=O)c1ccccc1NC(=O)CN1CCN(c2ccc(Cl)cn2)CC1)c1ccccc1. The molecule has 34 heavy (non-hydrogen) atoms. The molecule has 2 heterocycles. The van der Waals surface area contributed by atoms with Gasteiger partial charge in [-0.25, -0.2) is 4.98 Å². The Kier molecular flexibility index (Phi) is 7.77. The molecule has 1 saturated heterocycles. The molecule has 1 unspecified atom stereocenters. The van der Waals surface area contributed by atoms with Crippen molar-refractivity contribution in [3.63, 3.8) is 0 Å². The number of pyridine rings is 1. The summed E-state index contributed by atoms with van der Waals surface area (Å²) in [6, 6.07) is 20.4. The van der Waals surface area contributed by atoms with E-state index in [1.807, 2.05) is 55.5 Å². The van der Waals surface area contributed by atoms with E-state index < -0.39 is 0 Å². The van der Waals surface area contributed by atoms with Crippen molar-refractivity contribution in [3.8, 4) is 0 Å². The van der Waals surface area contributed by atoms with E-state index in [1.165, 1.54) is 0 Å². The lowest BCUT2D eigenvalue weighted by atomic mass is 10.1. The van der Waals surface area contributed by atoms with Crippen molar-refractivity contribution in [2.75, 3.05) is 42.9 Å². The number of hydrogen-bond donors (Lipinski definition) is 2. The third-order valence-corrected chi connectivity index (χ3v) is 6.09. The molecule has 4 rings (SSSR count). The number of aromatic nitrogens is 1. The van der Waals surface area contributed by atoms with Crippen molar-refractivity contribution < 1.29 is 9.59 Å². The summed E-state index contributed by atoms with van der Waals surface area (Å²) in [6.45, 7) is 5.24. The number of hydrogen-bond acceptors (Lipinski definition) is 5. The Morgan fingerprint density at radius 2 is 1.68 bits per heavy atom. The number of halogens is 1. The Labute approximate surface area is 204 Å². The van der Waals surface area contributed by atoms with Crippen molar-refractivity contribution in [2.45, 2.75) is 13.0 Å². The highest BCUT2D eigenvalue weighted by Gasteiger charge is 2.21. The first kappa shape index (κ1) is 23.7. The van der Waals surface area contributed by atoms with E-state index in [1.54, 1.807) is 24.4 Å². The van der Waals surface area contributed by atoms with Gasteiger partial charge < -0.3 is 15.5 Å². The minimum atomic E-state index is -0.226. The minimum absolute atomic E-state index is 0.144. The van der Waals surface area contributed by atoms with Gasteiger partial charge in [-0.2, -0.15) is 0 Å². The first-order valence-corrected chi connectivity index (χ1v) is 11.7. The maximum absolute atomic E-state index is 12.9. The van der Waals surface area contributed by atoms with E-state index in [9.17, 15) is 9.59 Å². The number of piperazine rings is 1. The monoisotopic (exact) mass is 477 g/mol. The van der Waals surface area contributed by atoms with Gasteiger partial charge >= 0.3 is 0 Å². The van der Waals surface area contributed by atoms with Crippen LogP contribution in [-0.4, -0.2) is 54.4 Å². The fourth-order valence-electron chi connectivity index (χ4n) is 3.97. The largest absolute Gasteiger partial charge is 0.354 e. The summed E-state index contributed by atoms with van der Waals surface area (Å²) in [5.41, 5.74) is 1.97. The number of para-hydroxylation sites is 1. The molecule has 0 aliphatic carbocycles. The summed E-state index contributed by atoms with van der Waals surface area (Å²) in [6.07, 6.45) is 1.64. The maximum atomic E-state index is 12.9. The highest BCUT2D eigenvalue weighted by Crippen LogP contribution is 2.19. The molecule has 2 N–H and O–H groups in total. The average Bonchev–Trinajstić information content (AvgIpc) is 2.86. The lowest BCUT2D eigenvalue weighted by Crippen LogP contribution is -2.49. The predicted molar refractivity (Wildman–Crippen MR) is 135 cm³/mol. The number of carbonyl (C=O) groups excluding carboxylic acids is 2. The summed E-state index contributed by atoms with van der Waals surface area (Å²) in [5, 5.41) is 6.54. The summed E-state index contributed by atoms with van der Waals surface area (Å²) in [7, 11) is 0. The van der Waals surface area contributed by atoms with Gasteiger partial charge in [0.1, 0.15) is 5.82 Å². The van der Waals surface area contributed by atoms with Crippen molar-refractivity contribution in [1.82, 2.24) is 15.2 Å². The van der Waals surface area contributed by atoms with Gasteiger partial charge in [-0.3, -0.25) is 14.5 Å². The van der Waals surface area contributed by atoms with Crippen LogP contribution in [0.3, 0.4) is 0 Å². The molecule has 1 aliphatic rings. The summed E-state index contributed by atoms with van der Waals surface area (Å²) < 4.78 is 0. The Morgan fingerprint density at radius 1 is 0.971 bits per heavy atom. The van der Waals surface area contributed by atoms with Crippen LogP contribution in [-0.2, 0) is 4.79 Å². The lowest BCUT2D eigenvalue weighted by Gasteiger charge is -2.35. The zero-order chi connectivity index (χ0) is 23.9. The first-order chi connectivity index (χ1) is 16.5. The Morgan fingerprint density at radius 3 is 2.38 bits per heavy atom. The second-order valence-electron chi connectivity index (χ2n) is 8.30. The van der Waals surface area contributed by atoms with Gasteiger partial charge in [0.15, 0.2) is 0 Å². The van der Waals surface area contributed by atoms with E-state index in [2.05, 4.69) is 25.4 Å². The van der Waals surface area contributed by atoms with Gasteiger partial charge in [-0.15, -0.1) is 0 Å². The van der Waals surface area contributed by atoms with E-state index >= 15 is 0 Å². The maximum Gasteiger partial charge on any atom is 0.253 e. The molecule has 1 aliphatic heterocycles. The van der Waals surface area contributed by atoms with Crippen LogP contribution in [0.1, 0.15) is 28.9 Å². The van der Waals surface area contributed by atoms with Gasteiger partial charge in [0.25, 0.3) is 5.91 Å². The molecule has 1 fully saturated rings. The molecule has 0 spiro atoms. The topological polar surface area (TPSA) is 77.6 Å². The number of amides is 2. The fraction of sp³-hybridized carbons (Fsp3) is 0.269. The number of benzene rings is 2. The van der Waals surface area contributed by atoms with Crippen LogP contribution in [0.5, 0.6) is 0 Å². The van der Waals surface area contributed by atoms with Crippen LogP contribution >= 0.6 is 11.6 Å². The van der Waals surface area contributed by atoms with Crippen LogP contribution in [0, 0.1) is 0 Å². The standard InChI is InChI=1S/C26H28ClN5O2/c1-19(20-7-3-2-4-8-20)29-26(34)22-9-5-6-10-23(22)30-25(33)18-31-13-15-32(16-14-31)24-12-11-21(27)17-28-24/h2-12,17,19H,13-16,18H2,1H3,(H,29,34)(H,30,33). The fourth-order valence-corrected chi connectivity index (χ4v) is 4.08. The Hall–Kier alpha value is -3.42. The average molecular weight is 478 g/mol. The Bertz CT molecular complexity index is 1120. The van der Waals surface area contributed by atoms with E-state index in [0.29, 0.717) is 16.3 Å². The smallest absolute Gasteiger partial charge is 0.253 e. The number of anilines is 2. The minimum Gasteiger partial charge on any atom is -0.354 e. The molecule has 2 amide bonds. The molecule has 8 heteroatoms. The summed E-state index contributed by atoms with van der Waals surface area (Å²) in [5.74, 6) is 0.518. The molecule has 0 radical (unpaired) electrons. The molecule has 2 aromatic carbocycles. The van der Waals surface area contributed by atoms with Crippen LogP contribution in [0.2, 0.25) is 5.02 Å². The van der Waals surface area contributed by atoms with Crippen LogP contribution in [0.25, 0.3) is 0 Å². The van der Waals surface area contributed by atoms with Crippen molar-refractivity contribution in [3.05, 3.63) is 89.1 Å². The van der Waals surface area contributed by atoms with Gasteiger partial charge in [-0.1, -0.05) is 54.1 Å². The first-order valence-electron chi connectivity index (χ1n) is 11.3. The molecule has 7 nitrogen and oxygen atoms in total. The Balaban J connectivity index is 1.31. The third kappa shape index (κ3) is 6.12. The van der Waals surface area contributed by atoms with Crippen molar-refractivity contribution in [2.24, 2.45) is 0 Å². The highest BCUT2D eigenvalue weighted by molar-refractivity contribution is 6.30. The van der Waals surface area contributed by atoms with Gasteiger partial charge in [0, 0.05) is 32.4 Å². The molecular weight excluding hydrogens is 450 g/mol. The summed E-state index contributed by atoms with van der Waals surface area (Å²) >= 11 is 5.92. The normalized spacial score (nSPS) is 14.9. The zero-order valence-electron chi connectivity index (χ0n) is 19.1. The van der Waals surface area contributed by atoms with Crippen LogP contribution in [0.15, 0.2) is 72.9 Å². The van der Waals surface area contributed by atoms with Gasteiger partial charge in [-0.05, 0) is 36.8 Å². The predicted octanol–water partition coefficient (Wildman–Crippen LogP) is 3.99. The van der Waals surface area contributed by atoms with Gasteiger partial charge in [0.05, 0.1) is 28.9 Å². The third-order valence-electron chi connectivity index (χ3n) is 5.87. The molecule has 1 atom stereocenters. The van der Waals surface area contributed by atoms with E-state index in [0.717, 1.165) is 37.6 Å². The number of rotatable bonds is 7. The second-order valence-corrected chi connectivity index (χ2v) is 8.73. The van der Waals surface area contributed by atoms with E-state index in [-0.39, 0.29) is 24.4 Å². The number of nitrogens with zero attached hydrogens (tertiary/aromatic N) is 3. The quantitative estimate of drug-likeness (QED) is 0.538. The molecule has 0 bridgehead atoms. The van der Waals surface area contributed by atoms with E-state index in [4.69, 9.17) is 11.6 Å². The highest BCUT2D eigenvalue weighted by atomic mass is 35.5. The van der Waals surface area contributed by atoms with Crippen LogP contribution < -0.4 is 15.5 Å². The molecule has 176 valence electrons. The lowest BCUT2D eigenvalue weighted by molar-refractivity contribution is -0.117. The van der Waals surface area contributed by atoms with Gasteiger partial charge in [0.2, 0.25) is 5.91 Å². The molecular formula is C26H28ClN5O2. The zero-order valence-corrected chi connectivity index (χ0v) is 19.8.